The SMILES string of the molecule is [C-]#[N+]c1ccc(N2CCN(c3ncn(Cn4ccc(C(F)(F)F)n4)c(=O)n3)CC2)cc1. The van der Waals surface area contributed by atoms with E-state index in [0.29, 0.717) is 31.9 Å². The predicted octanol–water partition coefficient (Wildman–Crippen LogP) is 2.24. The summed E-state index contributed by atoms with van der Waals surface area (Å²) in [7, 11) is 0. The molecule has 12 heteroatoms. The highest BCUT2D eigenvalue weighted by Gasteiger charge is 2.33. The molecule has 0 atom stereocenters. The predicted molar refractivity (Wildman–Crippen MR) is 106 cm³/mol. The Balaban J connectivity index is 1.40. The van der Waals surface area contributed by atoms with Crippen LogP contribution in [0.25, 0.3) is 4.85 Å². The van der Waals surface area contributed by atoms with E-state index in [4.69, 9.17) is 6.57 Å². The minimum Gasteiger partial charge on any atom is -0.368 e. The van der Waals surface area contributed by atoms with Gasteiger partial charge in [-0.1, -0.05) is 12.1 Å². The molecule has 0 spiro atoms. The lowest BCUT2D eigenvalue weighted by Gasteiger charge is -2.36. The molecule has 1 saturated heterocycles. The van der Waals surface area contributed by atoms with Gasteiger partial charge in [-0.05, 0) is 18.2 Å². The van der Waals surface area contributed by atoms with Crippen molar-refractivity contribution in [1.82, 2.24) is 24.3 Å². The number of anilines is 2. The lowest BCUT2D eigenvalue weighted by Crippen LogP contribution is -2.47. The number of benzene rings is 1. The molecule has 0 saturated carbocycles. The molecule has 3 aromatic rings. The highest BCUT2D eigenvalue weighted by Crippen LogP contribution is 2.27. The molecule has 160 valence electrons. The second-order valence-electron chi connectivity index (χ2n) is 6.89. The van der Waals surface area contributed by atoms with E-state index in [9.17, 15) is 18.0 Å². The summed E-state index contributed by atoms with van der Waals surface area (Å²) < 4.78 is 40.1. The van der Waals surface area contributed by atoms with Crippen LogP contribution in [0.4, 0.5) is 30.5 Å². The normalized spacial score (nSPS) is 14.5. The zero-order chi connectivity index (χ0) is 22.0. The van der Waals surface area contributed by atoms with E-state index < -0.39 is 17.6 Å². The molecule has 2 aromatic heterocycles. The van der Waals surface area contributed by atoms with Crippen LogP contribution < -0.4 is 15.5 Å². The van der Waals surface area contributed by atoms with Gasteiger partial charge >= 0.3 is 11.9 Å². The molecule has 0 aliphatic carbocycles. The van der Waals surface area contributed by atoms with Gasteiger partial charge in [0.2, 0.25) is 5.95 Å². The number of hydrogen-bond donors (Lipinski definition) is 0. The lowest BCUT2D eigenvalue weighted by atomic mass is 10.2. The van der Waals surface area contributed by atoms with Gasteiger partial charge in [0.1, 0.15) is 13.0 Å². The quantitative estimate of drug-likeness (QED) is 0.591. The molecule has 0 amide bonds. The Labute approximate surface area is 174 Å². The standard InChI is InChI=1S/C19H17F3N8O/c1-23-14-2-4-15(5-3-14)27-8-10-28(11-9-27)17-24-12-29(18(31)25-17)13-30-7-6-16(26-30)19(20,21)22/h2-7,12H,8-11,13H2. The molecule has 3 heterocycles. The second kappa shape index (κ2) is 8.10. The van der Waals surface area contributed by atoms with Crippen LogP contribution in [0, 0.1) is 6.57 Å². The highest BCUT2D eigenvalue weighted by molar-refractivity contribution is 5.56. The summed E-state index contributed by atoms with van der Waals surface area (Å²) in [5.41, 5.74) is -0.0483. The van der Waals surface area contributed by atoms with Crippen molar-refractivity contribution in [2.45, 2.75) is 12.8 Å². The van der Waals surface area contributed by atoms with Crippen LogP contribution in [-0.2, 0) is 12.8 Å². The van der Waals surface area contributed by atoms with Gasteiger partial charge in [0.05, 0.1) is 6.57 Å². The van der Waals surface area contributed by atoms with E-state index in [1.165, 1.54) is 6.33 Å². The molecule has 0 bridgehead atoms. The zero-order valence-corrected chi connectivity index (χ0v) is 16.2. The largest absolute Gasteiger partial charge is 0.435 e. The van der Waals surface area contributed by atoms with Gasteiger partial charge in [-0.25, -0.2) is 14.6 Å². The van der Waals surface area contributed by atoms with Crippen molar-refractivity contribution >= 4 is 17.3 Å². The number of piperazine rings is 1. The summed E-state index contributed by atoms with van der Waals surface area (Å²) in [6.07, 6.45) is -2.14. The molecule has 1 aliphatic heterocycles. The Morgan fingerprint density at radius 3 is 2.29 bits per heavy atom. The maximum Gasteiger partial charge on any atom is 0.435 e. The van der Waals surface area contributed by atoms with Crippen LogP contribution in [-0.4, -0.2) is 50.5 Å². The smallest absolute Gasteiger partial charge is 0.368 e. The fourth-order valence-corrected chi connectivity index (χ4v) is 3.25. The van der Waals surface area contributed by atoms with Crippen molar-refractivity contribution in [1.29, 1.82) is 0 Å². The van der Waals surface area contributed by atoms with E-state index in [1.807, 2.05) is 17.0 Å². The summed E-state index contributed by atoms with van der Waals surface area (Å²) >= 11 is 0. The number of hydrogen-bond acceptors (Lipinski definition) is 6. The zero-order valence-electron chi connectivity index (χ0n) is 16.2. The monoisotopic (exact) mass is 430 g/mol. The first-order valence-electron chi connectivity index (χ1n) is 9.35. The molecule has 1 fully saturated rings. The Kier molecular flexibility index (Phi) is 5.33. The number of halogens is 3. The van der Waals surface area contributed by atoms with Gasteiger partial charge in [0.25, 0.3) is 0 Å². The summed E-state index contributed by atoms with van der Waals surface area (Å²) in [6.45, 7) is 9.38. The van der Waals surface area contributed by atoms with Gasteiger partial charge in [-0.2, -0.15) is 23.3 Å². The van der Waals surface area contributed by atoms with Crippen molar-refractivity contribution < 1.29 is 13.2 Å². The third-order valence-corrected chi connectivity index (χ3v) is 4.89. The van der Waals surface area contributed by atoms with Crippen molar-refractivity contribution in [3.05, 3.63) is 70.5 Å². The molecular weight excluding hydrogens is 413 g/mol. The van der Waals surface area contributed by atoms with Gasteiger partial charge < -0.3 is 9.80 Å². The van der Waals surface area contributed by atoms with E-state index in [1.54, 1.807) is 12.1 Å². The van der Waals surface area contributed by atoms with Crippen LogP contribution >= 0.6 is 0 Å². The first kappa shape index (κ1) is 20.4. The minimum atomic E-state index is -4.54. The first-order valence-corrected chi connectivity index (χ1v) is 9.35. The maximum absolute atomic E-state index is 12.7. The molecule has 31 heavy (non-hydrogen) atoms. The molecule has 0 N–H and O–H groups in total. The number of rotatable bonds is 4. The average molecular weight is 430 g/mol. The third-order valence-electron chi connectivity index (χ3n) is 4.89. The average Bonchev–Trinajstić information content (AvgIpc) is 3.25. The van der Waals surface area contributed by atoms with Gasteiger partial charge in [-0.15, -0.1) is 0 Å². The fourth-order valence-electron chi connectivity index (χ4n) is 3.25. The van der Waals surface area contributed by atoms with E-state index in [0.717, 1.165) is 27.2 Å². The summed E-state index contributed by atoms with van der Waals surface area (Å²) in [4.78, 5) is 27.9. The summed E-state index contributed by atoms with van der Waals surface area (Å²) in [6, 6.07) is 8.19. The van der Waals surface area contributed by atoms with Gasteiger partial charge in [0, 0.05) is 38.1 Å². The fraction of sp³-hybridized carbons (Fsp3) is 0.316. The molecular formula is C19H17F3N8O. The molecule has 9 nitrogen and oxygen atoms in total. The molecule has 4 rings (SSSR count). The topological polar surface area (TPSA) is 76.4 Å². The first-order chi connectivity index (χ1) is 14.8. The Hall–Kier alpha value is -3.88. The van der Waals surface area contributed by atoms with Crippen LogP contribution in [0.15, 0.2) is 47.7 Å². The van der Waals surface area contributed by atoms with Crippen molar-refractivity contribution in [3.63, 3.8) is 0 Å². The van der Waals surface area contributed by atoms with Crippen LogP contribution in [0.2, 0.25) is 0 Å². The van der Waals surface area contributed by atoms with Gasteiger partial charge in [-0.3, -0.25) is 9.25 Å². The van der Waals surface area contributed by atoms with E-state index >= 15 is 0 Å². The maximum atomic E-state index is 12.7. The third kappa shape index (κ3) is 4.50. The van der Waals surface area contributed by atoms with Crippen LogP contribution in [0.5, 0.6) is 0 Å². The van der Waals surface area contributed by atoms with E-state index in [2.05, 4.69) is 24.8 Å². The molecule has 1 aliphatic rings. The Morgan fingerprint density at radius 2 is 1.71 bits per heavy atom. The van der Waals surface area contributed by atoms with Crippen LogP contribution in [0.3, 0.4) is 0 Å². The minimum absolute atomic E-state index is 0.219. The number of aromatic nitrogens is 5. The molecule has 0 unspecified atom stereocenters. The summed E-state index contributed by atoms with van der Waals surface area (Å²) in [5.74, 6) is 0.278. The molecule has 0 radical (unpaired) electrons. The number of alkyl halides is 3. The molecule has 1 aromatic carbocycles. The summed E-state index contributed by atoms with van der Waals surface area (Å²) in [5, 5.41) is 3.42. The Bertz CT molecular complexity index is 1150. The van der Waals surface area contributed by atoms with Crippen LogP contribution in [0.1, 0.15) is 5.69 Å². The van der Waals surface area contributed by atoms with Crippen molar-refractivity contribution in [2.24, 2.45) is 0 Å². The van der Waals surface area contributed by atoms with Crippen molar-refractivity contribution in [2.75, 3.05) is 36.0 Å². The number of nitrogens with zero attached hydrogens (tertiary/aromatic N) is 8. The Morgan fingerprint density at radius 1 is 1.03 bits per heavy atom. The second-order valence-corrected chi connectivity index (χ2v) is 6.89. The van der Waals surface area contributed by atoms with Gasteiger partial charge in [0.15, 0.2) is 11.4 Å². The highest BCUT2D eigenvalue weighted by atomic mass is 19.4. The van der Waals surface area contributed by atoms with E-state index in [-0.39, 0.29) is 12.6 Å². The lowest BCUT2D eigenvalue weighted by molar-refractivity contribution is -0.141. The van der Waals surface area contributed by atoms with Crippen molar-refractivity contribution in [3.8, 4) is 0 Å².